The van der Waals surface area contributed by atoms with Gasteiger partial charge in [-0.2, -0.15) is 8.62 Å². The van der Waals surface area contributed by atoms with Gasteiger partial charge >= 0.3 is 29.6 Å². The van der Waals surface area contributed by atoms with Crippen LogP contribution in [0.3, 0.4) is 0 Å². The summed E-state index contributed by atoms with van der Waals surface area (Å²) in [6.07, 6.45) is -1.94. The topological polar surface area (TPSA) is 303 Å². The largest absolute Gasteiger partial charge is 0.490 e. The van der Waals surface area contributed by atoms with Crippen molar-refractivity contribution in [2.45, 2.75) is 50.4 Å². The Morgan fingerprint density at radius 3 is 2.36 bits per heavy atom. The van der Waals surface area contributed by atoms with Gasteiger partial charge in [-0.05, 0) is 24.8 Å². The van der Waals surface area contributed by atoms with E-state index in [-0.39, 0.29) is 12.3 Å². The van der Waals surface area contributed by atoms with E-state index in [9.17, 15) is 38.5 Å². The maximum absolute atomic E-state index is 12.0. The Bertz CT molecular complexity index is 1640. The number of aliphatic hydroxyl groups is 2. The Kier molecular flexibility index (Phi) is 12.6. The predicted molar refractivity (Wildman–Crippen MR) is 158 cm³/mol. The fourth-order valence-electron chi connectivity index (χ4n) is 4.33. The molecule has 260 valence electrons. The molecule has 47 heavy (non-hydrogen) atoms. The van der Waals surface area contributed by atoms with Gasteiger partial charge in [0.15, 0.2) is 23.2 Å². The second-order valence-corrected chi connectivity index (χ2v) is 14.4. The molecule has 1 aliphatic heterocycles. The van der Waals surface area contributed by atoms with Crippen molar-refractivity contribution < 1.29 is 70.9 Å². The quantitative estimate of drug-likeness (QED) is 0.0718. The zero-order valence-corrected chi connectivity index (χ0v) is 27.0. The lowest BCUT2D eigenvalue weighted by Gasteiger charge is -2.19. The molecule has 0 radical (unpaired) electrons. The highest BCUT2D eigenvalue weighted by atomic mass is 31.3. The molecule has 21 nitrogen and oxygen atoms in total. The lowest BCUT2D eigenvalue weighted by molar-refractivity contribution is -0.0503. The summed E-state index contributed by atoms with van der Waals surface area (Å²) in [5.74, 6) is 0.369. The third-order valence-corrected chi connectivity index (χ3v) is 10.2. The van der Waals surface area contributed by atoms with Crippen LogP contribution in [0.4, 0.5) is 10.6 Å². The van der Waals surface area contributed by atoms with Crippen LogP contribution < -0.4 is 10.6 Å². The number of alkyl carbamates (subject to hydrolysis) is 1. The van der Waals surface area contributed by atoms with Crippen LogP contribution in [0.5, 0.6) is 0 Å². The first-order valence-corrected chi connectivity index (χ1v) is 18.3. The Balaban J connectivity index is 1.24. The maximum Gasteiger partial charge on any atom is 0.490 e. The van der Waals surface area contributed by atoms with Crippen LogP contribution >= 0.6 is 23.5 Å². The molecule has 0 bridgehead atoms. The number of imidazole rings is 1. The molecule has 1 fully saturated rings. The molecule has 3 aromatic rings. The number of nitrogens with one attached hydrogen (secondary N) is 2. The van der Waals surface area contributed by atoms with Gasteiger partial charge in [-0.15, -0.1) is 0 Å². The van der Waals surface area contributed by atoms with Gasteiger partial charge < -0.3 is 49.9 Å². The van der Waals surface area contributed by atoms with Gasteiger partial charge in [0.2, 0.25) is 0 Å². The van der Waals surface area contributed by atoms with E-state index in [0.717, 1.165) is 18.4 Å². The van der Waals surface area contributed by atoms with Crippen molar-refractivity contribution in [3.8, 4) is 0 Å². The summed E-state index contributed by atoms with van der Waals surface area (Å²) >= 11 is 0. The molecule has 6 unspecified atom stereocenters. The number of phosphoric acid groups is 3. The van der Waals surface area contributed by atoms with Crippen molar-refractivity contribution in [2.24, 2.45) is 0 Å². The van der Waals surface area contributed by atoms with E-state index in [2.05, 4.69) is 38.7 Å². The number of aromatic nitrogens is 4. The van der Waals surface area contributed by atoms with Crippen LogP contribution in [0.25, 0.3) is 11.2 Å². The molecule has 1 amide bonds. The van der Waals surface area contributed by atoms with Crippen molar-refractivity contribution in [3.05, 3.63) is 48.5 Å². The number of carbonyl (C=O) groups excluding carboxylic acids is 1. The summed E-state index contributed by atoms with van der Waals surface area (Å²) in [5, 5.41) is 26.9. The third kappa shape index (κ3) is 11.1. The number of unbranched alkanes of at least 4 members (excludes halogenated alkanes) is 2. The van der Waals surface area contributed by atoms with E-state index in [0.29, 0.717) is 30.8 Å². The highest BCUT2D eigenvalue weighted by Gasteiger charge is 2.47. The Morgan fingerprint density at radius 1 is 0.915 bits per heavy atom. The van der Waals surface area contributed by atoms with E-state index in [1.54, 1.807) is 0 Å². The first kappa shape index (κ1) is 37.0. The smallest absolute Gasteiger partial charge is 0.445 e. The number of anilines is 1. The first-order valence-electron chi connectivity index (χ1n) is 13.8. The number of aliphatic hydroxyl groups excluding tert-OH is 2. The molecular formula is C23H33N6O15P3. The van der Waals surface area contributed by atoms with Crippen LogP contribution in [0.1, 0.15) is 31.1 Å². The molecule has 4 rings (SSSR count). The Hall–Kier alpha value is -2.87. The maximum atomic E-state index is 12.0. The molecule has 0 aliphatic carbocycles. The minimum Gasteiger partial charge on any atom is -0.445 e. The number of amides is 1. The number of carbonyl (C=O) groups is 1. The third-order valence-electron chi connectivity index (χ3n) is 6.42. The van der Waals surface area contributed by atoms with E-state index in [1.165, 1.54) is 17.2 Å². The van der Waals surface area contributed by atoms with Gasteiger partial charge in [0.05, 0.1) is 12.9 Å². The molecule has 8 N–H and O–H groups in total. The van der Waals surface area contributed by atoms with Crippen LogP contribution in [0.2, 0.25) is 0 Å². The van der Waals surface area contributed by atoms with E-state index in [1.807, 2.05) is 30.3 Å². The van der Waals surface area contributed by atoms with Crippen LogP contribution in [-0.4, -0.2) is 93.4 Å². The lowest BCUT2D eigenvalue weighted by atomic mass is 10.1. The highest BCUT2D eigenvalue weighted by Crippen LogP contribution is 2.66. The number of hydrogen-bond donors (Lipinski definition) is 8. The molecule has 1 aliphatic rings. The number of phosphoric ester groups is 1. The van der Waals surface area contributed by atoms with Crippen molar-refractivity contribution in [1.82, 2.24) is 24.8 Å². The average Bonchev–Trinajstić information content (AvgIpc) is 3.54. The van der Waals surface area contributed by atoms with Gasteiger partial charge in [0, 0.05) is 13.1 Å². The van der Waals surface area contributed by atoms with Crippen molar-refractivity contribution in [1.29, 1.82) is 0 Å². The SMILES string of the molecule is O=C(NCCCCCNc1ncnc2c1ncn2C1OC(COP(=O)(O)OP(=O)(O)OP(=O)(O)O)C(O)C1O)OCc1ccccc1. The van der Waals surface area contributed by atoms with Crippen molar-refractivity contribution in [2.75, 3.05) is 25.0 Å². The van der Waals surface area contributed by atoms with Crippen LogP contribution in [0, 0.1) is 0 Å². The number of ether oxygens (including phenoxy) is 2. The van der Waals surface area contributed by atoms with Gasteiger partial charge in [0.1, 0.15) is 31.2 Å². The fraction of sp³-hybridized carbons (Fsp3) is 0.478. The van der Waals surface area contributed by atoms with Crippen molar-refractivity contribution in [3.63, 3.8) is 0 Å². The standard InChI is InChI=1S/C23H33N6O15P3/c30-18-16(12-41-46(36,37)44-47(38,39)43-45(33,34)35)42-22(19(18)31)29-14-28-17-20(26-13-27-21(17)29)24-9-5-2-6-10-25-23(32)40-11-15-7-3-1-4-8-15/h1,3-4,7-8,13-14,16,18-19,22,30-31H,2,5-6,9-12H2,(H,25,32)(H,36,37)(H,38,39)(H,24,26,27)(H2,33,34,35). The molecule has 0 spiro atoms. The van der Waals surface area contributed by atoms with E-state index < -0.39 is 60.7 Å². The minimum absolute atomic E-state index is 0.182. The molecule has 1 aromatic carbocycles. The summed E-state index contributed by atoms with van der Waals surface area (Å²) in [6, 6.07) is 9.31. The molecule has 1 saturated heterocycles. The molecule has 6 atom stereocenters. The van der Waals surface area contributed by atoms with E-state index in [4.69, 9.17) is 19.3 Å². The summed E-state index contributed by atoms with van der Waals surface area (Å²) < 4.78 is 58.1. The van der Waals surface area contributed by atoms with Gasteiger partial charge in [-0.25, -0.2) is 33.4 Å². The molecular weight excluding hydrogens is 693 g/mol. The summed E-state index contributed by atoms with van der Waals surface area (Å²) in [7, 11) is -16.8. The van der Waals surface area contributed by atoms with Gasteiger partial charge in [0.25, 0.3) is 0 Å². The van der Waals surface area contributed by atoms with Crippen molar-refractivity contribution >= 4 is 46.5 Å². The number of benzene rings is 1. The second-order valence-electron chi connectivity index (χ2n) is 9.96. The normalized spacial score (nSPS) is 22.4. The molecule has 24 heteroatoms. The number of fused-ring (bicyclic) bond motifs is 1. The lowest BCUT2D eigenvalue weighted by Crippen LogP contribution is -2.33. The van der Waals surface area contributed by atoms with Gasteiger partial charge in [-0.3, -0.25) is 9.09 Å². The van der Waals surface area contributed by atoms with Gasteiger partial charge in [-0.1, -0.05) is 30.3 Å². The molecule has 3 heterocycles. The second kappa shape index (κ2) is 16.0. The van der Waals surface area contributed by atoms with E-state index >= 15 is 0 Å². The zero-order valence-electron chi connectivity index (χ0n) is 24.3. The van der Waals surface area contributed by atoms with Crippen LogP contribution in [0.15, 0.2) is 43.0 Å². The number of rotatable bonds is 17. The fourth-order valence-corrected chi connectivity index (χ4v) is 7.36. The molecule has 0 saturated carbocycles. The first-order chi connectivity index (χ1) is 22.1. The monoisotopic (exact) mass is 726 g/mol. The summed E-state index contributed by atoms with van der Waals surface area (Å²) in [6.45, 7) is 0.147. The van der Waals surface area contributed by atoms with Crippen LogP contribution in [-0.2, 0) is 42.9 Å². The summed E-state index contributed by atoms with van der Waals surface area (Å²) in [5.41, 5.74) is 1.39. The average molecular weight is 726 g/mol. The minimum atomic E-state index is -5.75. The zero-order chi connectivity index (χ0) is 34.2. The highest BCUT2D eigenvalue weighted by molar-refractivity contribution is 7.66. The number of hydrogen-bond acceptors (Lipinski definition) is 15. The molecule has 2 aromatic heterocycles. The Morgan fingerprint density at radius 2 is 1.64 bits per heavy atom. The Labute approximate surface area is 266 Å². The predicted octanol–water partition coefficient (Wildman–Crippen LogP) is 1.30. The summed E-state index contributed by atoms with van der Waals surface area (Å²) in [4.78, 5) is 60.6. The number of nitrogens with zero attached hydrogens (tertiary/aromatic N) is 4.